The van der Waals surface area contributed by atoms with E-state index < -0.39 is 0 Å². The van der Waals surface area contributed by atoms with Crippen molar-refractivity contribution in [1.29, 1.82) is 0 Å². The van der Waals surface area contributed by atoms with Crippen LogP contribution in [-0.2, 0) is 20.9 Å². The van der Waals surface area contributed by atoms with E-state index in [1.807, 2.05) is 48.2 Å². The molecule has 2 aliphatic rings. The van der Waals surface area contributed by atoms with E-state index in [0.29, 0.717) is 54.8 Å². The molecule has 2 heterocycles. The molecule has 0 aliphatic carbocycles. The number of imide groups is 1. The van der Waals surface area contributed by atoms with Gasteiger partial charge in [-0.25, -0.2) is 0 Å². The normalized spacial score (nSPS) is 17.0. The standard InChI is InChI=1S/C24H25ClN2O4/c1-2-13-31-20-9-5-18(6-10-20)21-22(26-11-14-30-15-12-26)24(29)27(23(21)28)16-17-3-7-19(25)8-4-17/h3-10H,2,11-16H2,1H3. The first-order valence-corrected chi connectivity index (χ1v) is 10.9. The first kappa shape index (κ1) is 21.4. The molecule has 1 saturated heterocycles. The van der Waals surface area contributed by atoms with E-state index in [-0.39, 0.29) is 18.4 Å². The molecule has 0 atom stereocenters. The Morgan fingerprint density at radius 2 is 1.65 bits per heavy atom. The van der Waals surface area contributed by atoms with Crippen LogP contribution in [0, 0.1) is 0 Å². The summed E-state index contributed by atoms with van der Waals surface area (Å²) < 4.78 is 11.1. The van der Waals surface area contributed by atoms with E-state index >= 15 is 0 Å². The molecule has 2 aromatic carbocycles. The first-order chi connectivity index (χ1) is 15.1. The van der Waals surface area contributed by atoms with Crippen molar-refractivity contribution in [3.8, 4) is 5.75 Å². The lowest BCUT2D eigenvalue weighted by Gasteiger charge is -2.29. The molecule has 0 bridgehead atoms. The number of carbonyl (C=O) groups excluding carboxylic acids is 2. The van der Waals surface area contributed by atoms with Gasteiger partial charge in [0.15, 0.2) is 0 Å². The molecule has 0 N–H and O–H groups in total. The summed E-state index contributed by atoms with van der Waals surface area (Å²) in [6.45, 7) is 5.08. The van der Waals surface area contributed by atoms with Crippen LogP contribution in [0.2, 0.25) is 5.02 Å². The second-order valence-corrected chi connectivity index (χ2v) is 7.96. The van der Waals surface area contributed by atoms with E-state index in [0.717, 1.165) is 17.7 Å². The maximum atomic E-state index is 13.4. The van der Waals surface area contributed by atoms with Crippen LogP contribution in [-0.4, -0.2) is 54.5 Å². The Morgan fingerprint density at radius 3 is 2.29 bits per heavy atom. The zero-order valence-corrected chi connectivity index (χ0v) is 18.2. The Balaban J connectivity index is 1.67. The second kappa shape index (κ2) is 9.54. The Morgan fingerprint density at radius 1 is 0.968 bits per heavy atom. The molecule has 1 fully saturated rings. The van der Waals surface area contributed by atoms with Gasteiger partial charge in [-0.05, 0) is 41.8 Å². The monoisotopic (exact) mass is 440 g/mol. The summed E-state index contributed by atoms with van der Waals surface area (Å²) in [6.07, 6.45) is 0.917. The van der Waals surface area contributed by atoms with Gasteiger partial charge in [0.2, 0.25) is 0 Å². The van der Waals surface area contributed by atoms with Gasteiger partial charge in [-0.15, -0.1) is 0 Å². The molecule has 2 aliphatic heterocycles. The molecule has 7 heteroatoms. The highest BCUT2D eigenvalue weighted by molar-refractivity contribution is 6.35. The molecular weight excluding hydrogens is 416 g/mol. The van der Waals surface area contributed by atoms with Gasteiger partial charge in [0.05, 0.1) is 31.9 Å². The lowest BCUT2D eigenvalue weighted by molar-refractivity contribution is -0.138. The van der Waals surface area contributed by atoms with Gasteiger partial charge in [0, 0.05) is 18.1 Å². The van der Waals surface area contributed by atoms with E-state index in [9.17, 15) is 9.59 Å². The van der Waals surface area contributed by atoms with Crippen molar-refractivity contribution in [3.05, 3.63) is 70.4 Å². The maximum Gasteiger partial charge on any atom is 0.278 e. The summed E-state index contributed by atoms with van der Waals surface area (Å²) >= 11 is 5.97. The highest BCUT2D eigenvalue weighted by Gasteiger charge is 2.41. The zero-order chi connectivity index (χ0) is 21.8. The molecular formula is C24H25ClN2O4. The fraction of sp³-hybridized carbons (Fsp3) is 0.333. The molecule has 0 aromatic heterocycles. The van der Waals surface area contributed by atoms with Gasteiger partial charge >= 0.3 is 0 Å². The number of morpholine rings is 1. The van der Waals surface area contributed by atoms with E-state index in [1.54, 1.807) is 12.1 Å². The van der Waals surface area contributed by atoms with Crippen molar-refractivity contribution in [3.63, 3.8) is 0 Å². The molecule has 31 heavy (non-hydrogen) atoms. The highest BCUT2D eigenvalue weighted by atomic mass is 35.5. The van der Waals surface area contributed by atoms with Gasteiger partial charge in [-0.1, -0.05) is 42.8 Å². The Hall–Kier alpha value is -2.83. The van der Waals surface area contributed by atoms with Crippen LogP contribution in [0.5, 0.6) is 5.75 Å². The van der Waals surface area contributed by atoms with Crippen LogP contribution in [0.25, 0.3) is 5.57 Å². The smallest absolute Gasteiger partial charge is 0.278 e. The first-order valence-electron chi connectivity index (χ1n) is 10.5. The van der Waals surface area contributed by atoms with Gasteiger partial charge in [-0.3, -0.25) is 14.5 Å². The number of halogens is 1. The lowest BCUT2D eigenvalue weighted by Crippen LogP contribution is -2.40. The molecule has 2 aromatic rings. The molecule has 0 radical (unpaired) electrons. The van der Waals surface area contributed by atoms with Crippen LogP contribution in [0.4, 0.5) is 0 Å². The number of carbonyl (C=O) groups is 2. The summed E-state index contributed by atoms with van der Waals surface area (Å²) in [6, 6.07) is 14.5. The minimum Gasteiger partial charge on any atom is -0.494 e. The summed E-state index contributed by atoms with van der Waals surface area (Å²) in [4.78, 5) is 30.1. The highest BCUT2D eigenvalue weighted by Crippen LogP contribution is 2.34. The molecule has 4 rings (SSSR count). The Labute approximate surface area is 187 Å². The van der Waals surface area contributed by atoms with Crippen molar-refractivity contribution in [1.82, 2.24) is 9.80 Å². The zero-order valence-electron chi connectivity index (χ0n) is 17.5. The van der Waals surface area contributed by atoms with Crippen LogP contribution < -0.4 is 4.74 Å². The lowest BCUT2D eigenvalue weighted by atomic mass is 10.0. The Kier molecular flexibility index (Phi) is 6.59. The Bertz CT molecular complexity index is 980. The third kappa shape index (κ3) is 4.60. The second-order valence-electron chi connectivity index (χ2n) is 7.52. The molecule has 0 saturated carbocycles. The van der Waals surface area contributed by atoms with Gasteiger partial charge < -0.3 is 14.4 Å². The molecule has 0 spiro atoms. The summed E-state index contributed by atoms with van der Waals surface area (Å²) in [5.74, 6) is 0.181. The van der Waals surface area contributed by atoms with Crippen LogP contribution in [0.15, 0.2) is 54.2 Å². The summed E-state index contributed by atoms with van der Waals surface area (Å²) in [5, 5.41) is 0.612. The maximum absolute atomic E-state index is 13.4. The third-order valence-electron chi connectivity index (χ3n) is 5.34. The van der Waals surface area contributed by atoms with Crippen molar-refractivity contribution >= 4 is 29.0 Å². The number of hydrogen-bond acceptors (Lipinski definition) is 5. The van der Waals surface area contributed by atoms with Crippen LogP contribution in [0.3, 0.4) is 0 Å². The van der Waals surface area contributed by atoms with Crippen molar-refractivity contribution in [2.24, 2.45) is 0 Å². The minimum absolute atomic E-state index is 0.198. The van der Waals surface area contributed by atoms with Crippen LogP contribution >= 0.6 is 11.6 Å². The molecule has 0 unspecified atom stereocenters. The van der Waals surface area contributed by atoms with Crippen molar-refractivity contribution in [2.75, 3.05) is 32.9 Å². The number of amides is 2. The van der Waals surface area contributed by atoms with E-state index in [2.05, 4.69) is 0 Å². The number of hydrogen-bond donors (Lipinski definition) is 0. The van der Waals surface area contributed by atoms with Crippen molar-refractivity contribution in [2.45, 2.75) is 19.9 Å². The molecule has 162 valence electrons. The number of ether oxygens (including phenoxy) is 2. The molecule has 2 amide bonds. The average Bonchev–Trinajstić information content (AvgIpc) is 3.05. The van der Waals surface area contributed by atoms with E-state index in [1.165, 1.54) is 4.90 Å². The number of benzene rings is 2. The van der Waals surface area contributed by atoms with Gasteiger partial charge in [0.25, 0.3) is 11.8 Å². The number of rotatable bonds is 7. The molecule has 6 nitrogen and oxygen atoms in total. The average molecular weight is 441 g/mol. The SMILES string of the molecule is CCCOc1ccc(C2=C(N3CCOCC3)C(=O)N(Cc3ccc(Cl)cc3)C2=O)cc1. The minimum atomic E-state index is -0.288. The van der Waals surface area contributed by atoms with Crippen LogP contribution in [0.1, 0.15) is 24.5 Å². The quantitative estimate of drug-likeness (QED) is 0.614. The topological polar surface area (TPSA) is 59.1 Å². The van der Waals surface area contributed by atoms with Gasteiger partial charge in [-0.2, -0.15) is 0 Å². The third-order valence-corrected chi connectivity index (χ3v) is 5.59. The van der Waals surface area contributed by atoms with Crippen molar-refractivity contribution < 1.29 is 19.1 Å². The number of nitrogens with zero attached hydrogens (tertiary/aromatic N) is 2. The van der Waals surface area contributed by atoms with E-state index in [4.69, 9.17) is 21.1 Å². The summed E-state index contributed by atoms with van der Waals surface area (Å²) in [7, 11) is 0. The summed E-state index contributed by atoms with van der Waals surface area (Å²) in [5.41, 5.74) is 2.44. The predicted octanol–water partition coefficient (Wildman–Crippen LogP) is 3.74. The predicted molar refractivity (Wildman–Crippen MR) is 119 cm³/mol. The fourth-order valence-corrected chi connectivity index (χ4v) is 3.88. The largest absolute Gasteiger partial charge is 0.494 e. The van der Waals surface area contributed by atoms with Gasteiger partial charge in [0.1, 0.15) is 11.4 Å². The fourth-order valence-electron chi connectivity index (χ4n) is 3.76.